The predicted molar refractivity (Wildman–Crippen MR) is 115 cm³/mol. The van der Waals surface area contributed by atoms with Crippen molar-refractivity contribution in [1.82, 2.24) is 0 Å². The maximum atomic E-state index is 11.8. The van der Waals surface area contributed by atoms with Crippen LogP contribution in [0.3, 0.4) is 0 Å². The van der Waals surface area contributed by atoms with Gasteiger partial charge in [-0.15, -0.1) is 0 Å². The second-order valence-corrected chi connectivity index (χ2v) is 6.37. The Hall–Kier alpha value is -3.92. The molecular formula is C25H19NO3. The molecule has 0 aliphatic carbocycles. The number of carbonyl (C=O) groups excluding carboxylic acids is 1. The van der Waals surface area contributed by atoms with Crippen molar-refractivity contribution < 1.29 is 14.3 Å². The van der Waals surface area contributed by atoms with E-state index in [1.807, 2.05) is 84.9 Å². The number of para-hydroxylation sites is 1. The van der Waals surface area contributed by atoms with Gasteiger partial charge in [0.2, 0.25) is 5.90 Å². The lowest BCUT2D eigenvalue weighted by Crippen LogP contribution is -2.11. The lowest BCUT2D eigenvalue weighted by atomic mass is 9.98. The van der Waals surface area contributed by atoms with Gasteiger partial charge in [0.1, 0.15) is 5.76 Å². The van der Waals surface area contributed by atoms with Crippen LogP contribution in [0.4, 0.5) is 5.69 Å². The van der Waals surface area contributed by atoms with Gasteiger partial charge in [0.15, 0.2) is 0 Å². The molecule has 0 N–H and O–H groups in total. The van der Waals surface area contributed by atoms with Crippen LogP contribution in [-0.4, -0.2) is 19.0 Å². The van der Waals surface area contributed by atoms with Crippen LogP contribution in [0.15, 0.2) is 102 Å². The summed E-state index contributed by atoms with van der Waals surface area (Å²) in [5.41, 5.74) is 4.25. The molecule has 4 heteroatoms. The minimum Gasteiger partial charge on any atom is -0.466 e. The smallest absolute Gasteiger partial charge is 0.330 e. The Bertz CT molecular complexity index is 1110. The number of esters is 1. The summed E-state index contributed by atoms with van der Waals surface area (Å²) < 4.78 is 11.1. The van der Waals surface area contributed by atoms with E-state index in [4.69, 9.17) is 14.5 Å². The third kappa shape index (κ3) is 4.01. The van der Waals surface area contributed by atoms with E-state index in [1.165, 1.54) is 13.2 Å². The van der Waals surface area contributed by atoms with E-state index >= 15 is 0 Å². The number of hydrogen-bond acceptors (Lipinski definition) is 4. The normalized spacial score (nSPS) is 14.6. The Morgan fingerprint density at radius 1 is 0.862 bits per heavy atom. The molecule has 0 aromatic heterocycles. The van der Waals surface area contributed by atoms with Crippen molar-refractivity contribution in [2.75, 3.05) is 7.11 Å². The van der Waals surface area contributed by atoms with Gasteiger partial charge in [0.25, 0.3) is 0 Å². The number of methoxy groups -OCH3 is 1. The molecule has 0 saturated carbocycles. The number of nitrogens with zero attached hydrogens (tertiary/aromatic N) is 1. The molecule has 0 unspecified atom stereocenters. The number of aliphatic imine (C=N–C) groups is 1. The largest absolute Gasteiger partial charge is 0.466 e. The van der Waals surface area contributed by atoms with E-state index in [0.717, 1.165) is 28.0 Å². The zero-order valence-corrected chi connectivity index (χ0v) is 15.9. The summed E-state index contributed by atoms with van der Waals surface area (Å²) in [6, 6.07) is 27.3. The van der Waals surface area contributed by atoms with Crippen molar-refractivity contribution in [1.29, 1.82) is 0 Å². The quantitative estimate of drug-likeness (QED) is 0.449. The van der Waals surface area contributed by atoms with Crippen molar-refractivity contribution >= 4 is 28.9 Å². The number of benzene rings is 3. The van der Waals surface area contributed by atoms with Gasteiger partial charge in [-0.05, 0) is 35.9 Å². The first-order valence-electron chi connectivity index (χ1n) is 9.23. The Kier molecular flexibility index (Phi) is 5.34. The zero-order valence-electron chi connectivity index (χ0n) is 15.9. The van der Waals surface area contributed by atoms with Crippen LogP contribution in [0.1, 0.15) is 16.7 Å². The Morgan fingerprint density at radius 3 is 2.24 bits per heavy atom. The van der Waals surface area contributed by atoms with E-state index in [-0.39, 0.29) is 0 Å². The van der Waals surface area contributed by atoms with Gasteiger partial charge >= 0.3 is 5.97 Å². The fourth-order valence-corrected chi connectivity index (χ4v) is 3.09. The van der Waals surface area contributed by atoms with Crippen molar-refractivity contribution in [3.63, 3.8) is 0 Å². The Labute approximate surface area is 169 Å². The monoisotopic (exact) mass is 381 g/mol. The summed E-state index contributed by atoms with van der Waals surface area (Å²) >= 11 is 0. The predicted octanol–water partition coefficient (Wildman–Crippen LogP) is 5.39. The molecular weight excluding hydrogens is 362 g/mol. The number of ether oxygens (including phenoxy) is 2. The van der Waals surface area contributed by atoms with Crippen molar-refractivity contribution in [2.24, 2.45) is 4.99 Å². The summed E-state index contributed by atoms with van der Waals surface area (Å²) in [7, 11) is 1.36. The van der Waals surface area contributed by atoms with E-state index in [9.17, 15) is 4.79 Å². The lowest BCUT2D eigenvalue weighted by Gasteiger charge is -2.22. The zero-order chi connectivity index (χ0) is 20.1. The first-order valence-corrected chi connectivity index (χ1v) is 9.23. The molecule has 0 saturated heterocycles. The van der Waals surface area contributed by atoms with Gasteiger partial charge in [-0.3, -0.25) is 0 Å². The molecule has 1 aliphatic heterocycles. The second-order valence-electron chi connectivity index (χ2n) is 6.37. The van der Waals surface area contributed by atoms with E-state index in [1.54, 1.807) is 6.08 Å². The van der Waals surface area contributed by atoms with Crippen LogP contribution in [0.5, 0.6) is 0 Å². The highest BCUT2D eigenvalue weighted by Crippen LogP contribution is 2.38. The van der Waals surface area contributed by atoms with E-state index < -0.39 is 5.97 Å². The van der Waals surface area contributed by atoms with Crippen LogP contribution in [0.25, 0.3) is 11.3 Å². The summed E-state index contributed by atoms with van der Waals surface area (Å²) in [5, 5.41) is 0. The highest BCUT2D eigenvalue weighted by molar-refractivity contribution is 6.07. The molecule has 0 spiro atoms. The van der Waals surface area contributed by atoms with E-state index in [2.05, 4.69) is 0 Å². The topological polar surface area (TPSA) is 47.9 Å². The molecule has 0 radical (unpaired) electrons. The minimum atomic E-state index is -0.430. The molecule has 4 nitrogen and oxygen atoms in total. The van der Waals surface area contributed by atoms with Crippen molar-refractivity contribution in [2.45, 2.75) is 0 Å². The molecule has 0 atom stereocenters. The average Bonchev–Trinajstić information content (AvgIpc) is 2.80. The van der Waals surface area contributed by atoms with E-state index in [0.29, 0.717) is 11.7 Å². The summed E-state index contributed by atoms with van der Waals surface area (Å²) in [6.45, 7) is 0. The number of fused-ring (bicyclic) bond motifs is 1. The summed E-state index contributed by atoms with van der Waals surface area (Å²) in [5.74, 6) is 0.722. The minimum absolute atomic E-state index is 0.430. The molecule has 0 fully saturated rings. The molecule has 4 rings (SSSR count). The molecule has 1 aliphatic rings. The van der Waals surface area contributed by atoms with Crippen molar-refractivity contribution in [3.05, 3.63) is 114 Å². The lowest BCUT2D eigenvalue weighted by molar-refractivity contribution is -0.134. The third-order valence-corrected chi connectivity index (χ3v) is 4.51. The average molecular weight is 381 g/mol. The second kappa shape index (κ2) is 8.40. The molecule has 0 amide bonds. The van der Waals surface area contributed by atoms with Crippen LogP contribution < -0.4 is 0 Å². The SMILES string of the molecule is COC(=O)/C=C/C(=C1/OC(c2ccccc2)=Nc2ccccc21)c1ccccc1. The standard InChI is InChI=1S/C25H19NO3/c1-28-23(27)17-16-20(18-10-4-2-5-11-18)24-21-14-8-9-15-22(21)26-25(29-24)19-12-6-3-7-13-19/h2-17H,1H3/b17-16+,24-20-. The Balaban J connectivity index is 1.92. The highest BCUT2D eigenvalue weighted by atomic mass is 16.5. The first-order chi connectivity index (χ1) is 14.3. The number of carbonyl (C=O) groups is 1. The molecule has 0 bridgehead atoms. The molecule has 3 aromatic rings. The van der Waals surface area contributed by atoms with Crippen LogP contribution in [0, 0.1) is 0 Å². The van der Waals surface area contributed by atoms with Gasteiger partial charge in [0.05, 0.1) is 12.8 Å². The molecule has 29 heavy (non-hydrogen) atoms. The van der Waals surface area contributed by atoms with Gasteiger partial charge in [0, 0.05) is 22.8 Å². The molecule has 142 valence electrons. The van der Waals surface area contributed by atoms with Crippen molar-refractivity contribution in [3.8, 4) is 0 Å². The number of allylic oxidation sites excluding steroid dienone is 2. The Morgan fingerprint density at radius 2 is 1.52 bits per heavy atom. The van der Waals surface area contributed by atoms with Gasteiger partial charge in [-0.1, -0.05) is 60.7 Å². The van der Waals surface area contributed by atoms with Gasteiger partial charge < -0.3 is 9.47 Å². The fourth-order valence-electron chi connectivity index (χ4n) is 3.09. The van der Waals surface area contributed by atoms with Crippen LogP contribution >= 0.6 is 0 Å². The highest BCUT2D eigenvalue weighted by Gasteiger charge is 2.23. The number of hydrogen-bond donors (Lipinski definition) is 0. The van der Waals surface area contributed by atoms with Gasteiger partial charge in [-0.25, -0.2) is 9.79 Å². The first kappa shape index (κ1) is 18.4. The fraction of sp³-hybridized carbons (Fsp3) is 0.0400. The maximum absolute atomic E-state index is 11.8. The molecule has 1 heterocycles. The molecule has 3 aromatic carbocycles. The summed E-state index contributed by atoms with van der Waals surface area (Å²) in [4.78, 5) is 16.5. The van der Waals surface area contributed by atoms with Crippen LogP contribution in [-0.2, 0) is 14.3 Å². The van der Waals surface area contributed by atoms with Crippen LogP contribution in [0.2, 0.25) is 0 Å². The summed E-state index contributed by atoms with van der Waals surface area (Å²) in [6.07, 6.45) is 3.12. The van der Waals surface area contributed by atoms with Gasteiger partial charge in [-0.2, -0.15) is 0 Å². The maximum Gasteiger partial charge on any atom is 0.330 e. The third-order valence-electron chi connectivity index (χ3n) is 4.51. The number of rotatable bonds is 4.